The highest BCUT2D eigenvalue weighted by Gasteiger charge is 2.17. The van der Waals surface area contributed by atoms with E-state index in [1.807, 2.05) is 24.3 Å². The van der Waals surface area contributed by atoms with Gasteiger partial charge < -0.3 is 13.9 Å². The minimum absolute atomic E-state index is 0.403. The first kappa shape index (κ1) is 13.6. The molecule has 17 heavy (non-hydrogen) atoms. The molecule has 0 saturated carbocycles. The fraction of sp³-hybridized carbons (Fsp3) is 0.385. The van der Waals surface area contributed by atoms with E-state index in [4.69, 9.17) is 13.9 Å². The van der Waals surface area contributed by atoms with Gasteiger partial charge in [0.1, 0.15) is 12.4 Å². The van der Waals surface area contributed by atoms with Crippen LogP contribution in [-0.4, -0.2) is 15.4 Å². The van der Waals surface area contributed by atoms with Crippen molar-refractivity contribution in [3.8, 4) is 5.75 Å². The molecule has 1 rings (SSSR count). The molecule has 0 aliphatic carbocycles. The quantitative estimate of drug-likeness (QED) is 0.572. The van der Waals surface area contributed by atoms with Crippen LogP contribution in [0.15, 0.2) is 36.8 Å². The van der Waals surface area contributed by atoms with Gasteiger partial charge in [0.25, 0.3) is 5.95 Å². The highest BCUT2D eigenvalue weighted by molar-refractivity contribution is 6.69. The van der Waals surface area contributed by atoms with Crippen LogP contribution >= 0.6 is 0 Å². The van der Waals surface area contributed by atoms with Gasteiger partial charge in [-0.2, -0.15) is 0 Å². The minimum Gasteiger partial charge on any atom is -0.520 e. The molecular formula is C13H20O3Si. The molecule has 0 amide bonds. The van der Waals surface area contributed by atoms with Gasteiger partial charge in [0.15, 0.2) is 0 Å². The average Bonchev–Trinajstić information content (AvgIpc) is 2.25. The molecule has 0 heterocycles. The summed E-state index contributed by atoms with van der Waals surface area (Å²) in [7, 11) is 0.0302. The molecule has 0 aromatic heterocycles. The normalized spacial score (nSPS) is 10.8. The third-order valence-corrected chi connectivity index (χ3v) is 2.82. The van der Waals surface area contributed by atoms with Crippen molar-refractivity contribution in [2.45, 2.75) is 26.2 Å². The van der Waals surface area contributed by atoms with Gasteiger partial charge in [0.05, 0.1) is 7.11 Å². The summed E-state index contributed by atoms with van der Waals surface area (Å²) in [6.07, 6.45) is 0. The van der Waals surface area contributed by atoms with E-state index in [1.54, 1.807) is 7.11 Å². The smallest absolute Gasteiger partial charge is 0.257 e. The summed E-state index contributed by atoms with van der Waals surface area (Å²) in [5.74, 6) is 1.24. The Kier molecular flexibility index (Phi) is 4.63. The maximum Gasteiger partial charge on any atom is 0.257 e. The molecule has 1 aromatic carbocycles. The number of benzene rings is 1. The number of methoxy groups -OCH3 is 1. The molecule has 0 saturated heterocycles. The number of hydrogen-bond donors (Lipinski definition) is 0. The first-order valence-corrected chi connectivity index (χ1v) is 8.95. The van der Waals surface area contributed by atoms with Crippen molar-refractivity contribution < 1.29 is 13.9 Å². The van der Waals surface area contributed by atoms with Gasteiger partial charge in [-0.15, -0.1) is 0 Å². The second kappa shape index (κ2) is 5.77. The van der Waals surface area contributed by atoms with Gasteiger partial charge in [-0.3, -0.25) is 0 Å². The van der Waals surface area contributed by atoms with E-state index >= 15 is 0 Å². The average molecular weight is 252 g/mol. The van der Waals surface area contributed by atoms with E-state index in [1.165, 1.54) is 0 Å². The third kappa shape index (κ3) is 5.45. The van der Waals surface area contributed by atoms with Gasteiger partial charge in [0, 0.05) is 0 Å². The lowest BCUT2D eigenvalue weighted by Crippen LogP contribution is -2.25. The lowest BCUT2D eigenvalue weighted by Gasteiger charge is -2.20. The lowest BCUT2D eigenvalue weighted by molar-refractivity contribution is 0.0940. The molecule has 0 aliphatic rings. The van der Waals surface area contributed by atoms with Crippen LogP contribution in [0.4, 0.5) is 0 Å². The SMILES string of the molecule is C=C(OCc1ccc(OC)cc1)O[Si](C)(C)C. The van der Waals surface area contributed by atoms with E-state index < -0.39 is 8.32 Å². The minimum atomic E-state index is -1.62. The summed E-state index contributed by atoms with van der Waals surface area (Å²) in [4.78, 5) is 0. The molecule has 0 N–H and O–H groups in total. The molecule has 0 atom stereocenters. The van der Waals surface area contributed by atoms with E-state index in [0.717, 1.165) is 11.3 Å². The van der Waals surface area contributed by atoms with E-state index in [-0.39, 0.29) is 0 Å². The van der Waals surface area contributed by atoms with Crippen LogP contribution in [0.5, 0.6) is 5.75 Å². The Hall–Kier alpha value is -1.42. The first-order chi connectivity index (χ1) is 7.90. The predicted octanol–water partition coefficient (Wildman–Crippen LogP) is 3.53. The van der Waals surface area contributed by atoms with E-state index in [0.29, 0.717) is 12.6 Å². The Morgan fingerprint density at radius 3 is 2.24 bits per heavy atom. The van der Waals surface area contributed by atoms with E-state index in [2.05, 4.69) is 26.2 Å². The zero-order valence-electron chi connectivity index (χ0n) is 10.9. The van der Waals surface area contributed by atoms with Crippen molar-refractivity contribution in [1.82, 2.24) is 0 Å². The first-order valence-electron chi connectivity index (χ1n) is 5.54. The van der Waals surface area contributed by atoms with Gasteiger partial charge >= 0.3 is 0 Å². The van der Waals surface area contributed by atoms with Crippen molar-refractivity contribution in [1.29, 1.82) is 0 Å². The van der Waals surface area contributed by atoms with Crippen LogP contribution < -0.4 is 4.74 Å². The topological polar surface area (TPSA) is 27.7 Å². The van der Waals surface area contributed by atoms with Crippen LogP contribution in [0.1, 0.15) is 5.56 Å². The summed E-state index contributed by atoms with van der Waals surface area (Å²) in [6.45, 7) is 10.5. The maximum atomic E-state index is 5.60. The predicted molar refractivity (Wildman–Crippen MR) is 71.4 cm³/mol. The second-order valence-electron chi connectivity index (χ2n) is 4.72. The Bertz CT molecular complexity index is 365. The van der Waals surface area contributed by atoms with Crippen molar-refractivity contribution in [3.63, 3.8) is 0 Å². The van der Waals surface area contributed by atoms with Crippen molar-refractivity contribution >= 4 is 8.32 Å². The van der Waals surface area contributed by atoms with Crippen molar-refractivity contribution in [3.05, 3.63) is 42.4 Å². The van der Waals surface area contributed by atoms with Crippen LogP contribution in [0.3, 0.4) is 0 Å². The Morgan fingerprint density at radius 1 is 1.18 bits per heavy atom. The molecule has 1 aromatic rings. The molecule has 94 valence electrons. The fourth-order valence-electron chi connectivity index (χ4n) is 1.26. The van der Waals surface area contributed by atoms with Crippen molar-refractivity contribution in [2.24, 2.45) is 0 Å². The van der Waals surface area contributed by atoms with Crippen LogP contribution in [0, 0.1) is 0 Å². The maximum absolute atomic E-state index is 5.60. The number of hydrogen-bond acceptors (Lipinski definition) is 3. The highest BCUT2D eigenvalue weighted by Crippen LogP contribution is 2.15. The molecule has 0 aliphatic heterocycles. The largest absolute Gasteiger partial charge is 0.520 e. The lowest BCUT2D eigenvalue weighted by atomic mass is 10.2. The zero-order chi connectivity index (χ0) is 12.9. The monoisotopic (exact) mass is 252 g/mol. The Morgan fingerprint density at radius 2 is 1.76 bits per heavy atom. The molecular weight excluding hydrogens is 232 g/mol. The van der Waals surface area contributed by atoms with Crippen LogP contribution in [0.25, 0.3) is 0 Å². The Labute approximate surface area is 104 Å². The van der Waals surface area contributed by atoms with Gasteiger partial charge in [0.2, 0.25) is 8.32 Å². The van der Waals surface area contributed by atoms with Gasteiger partial charge in [-0.05, 0) is 43.9 Å². The summed E-state index contributed by atoms with van der Waals surface area (Å²) in [6, 6.07) is 7.73. The van der Waals surface area contributed by atoms with Crippen LogP contribution in [0.2, 0.25) is 19.6 Å². The summed E-state index contributed by atoms with van der Waals surface area (Å²) < 4.78 is 16.1. The molecule has 0 fully saturated rings. The standard InChI is InChI=1S/C13H20O3Si/c1-11(16-17(3,4)5)15-10-12-6-8-13(14-2)9-7-12/h6-9H,1,10H2,2-5H3. The molecule has 0 bridgehead atoms. The second-order valence-corrected chi connectivity index (χ2v) is 9.15. The summed E-state index contributed by atoms with van der Waals surface area (Å²) in [5.41, 5.74) is 1.06. The fourth-order valence-corrected chi connectivity index (χ4v) is 2.00. The third-order valence-electron chi connectivity index (χ3n) is 1.98. The molecule has 4 heteroatoms. The zero-order valence-corrected chi connectivity index (χ0v) is 11.9. The van der Waals surface area contributed by atoms with E-state index in [9.17, 15) is 0 Å². The van der Waals surface area contributed by atoms with Gasteiger partial charge in [-0.25, -0.2) is 0 Å². The van der Waals surface area contributed by atoms with Crippen molar-refractivity contribution in [2.75, 3.05) is 7.11 Å². The van der Waals surface area contributed by atoms with Gasteiger partial charge in [-0.1, -0.05) is 12.1 Å². The molecule has 0 radical (unpaired) electrons. The Balaban J connectivity index is 2.42. The number of ether oxygens (including phenoxy) is 2. The summed E-state index contributed by atoms with van der Waals surface area (Å²) >= 11 is 0. The summed E-state index contributed by atoms with van der Waals surface area (Å²) in [5, 5.41) is 0. The highest BCUT2D eigenvalue weighted by atomic mass is 28.4. The molecule has 3 nitrogen and oxygen atoms in total. The number of rotatable bonds is 6. The molecule has 0 spiro atoms. The van der Waals surface area contributed by atoms with Crippen LogP contribution in [-0.2, 0) is 15.8 Å². The molecule has 0 unspecified atom stereocenters.